The van der Waals surface area contributed by atoms with E-state index in [9.17, 15) is 0 Å². The third kappa shape index (κ3) is 5.18. The minimum absolute atomic E-state index is 0.349. The fraction of sp³-hybridized carbons (Fsp3) is 0.182. The molecular formula is C22H25N3O. The third-order valence-electron chi connectivity index (χ3n) is 3.74. The van der Waals surface area contributed by atoms with Crippen LogP contribution in [-0.4, -0.2) is 11.4 Å². The van der Waals surface area contributed by atoms with Crippen LogP contribution in [0, 0.1) is 5.41 Å². The second-order valence-corrected chi connectivity index (χ2v) is 5.88. The molecule has 26 heavy (non-hydrogen) atoms. The molecule has 0 heterocycles. The topological polar surface area (TPSA) is 71.5 Å². The lowest BCUT2D eigenvalue weighted by molar-refractivity contribution is 0.482. The lowest BCUT2D eigenvalue weighted by Gasteiger charge is -2.12. The molecule has 0 atom stereocenters. The van der Waals surface area contributed by atoms with Crippen molar-refractivity contribution in [1.29, 1.82) is 5.41 Å². The van der Waals surface area contributed by atoms with Crippen LogP contribution in [0.5, 0.6) is 11.5 Å². The number of benzene rings is 2. The minimum Gasteiger partial charge on any atom is -0.457 e. The maximum atomic E-state index is 8.54. The first-order chi connectivity index (χ1) is 12.5. The second kappa shape index (κ2) is 9.37. The Morgan fingerprint density at radius 3 is 2.23 bits per heavy atom. The first-order valence-corrected chi connectivity index (χ1v) is 8.61. The van der Waals surface area contributed by atoms with Gasteiger partial charge >= 0.3 is 0 Å². The summed E-state index contributed by atoms with van der Waals surface area (Å²) in [6, 6.07) is 17.0. The molecular weight excluding hydrogens is 322 g/mol. The van der Waals surface area contributed by atoms with Crippen LogP contribution in [0.25, 0.3) is 0 Å². The van der Waals surface area contributed by atoms with Gasteiger partial charge in [-0.1, -0.05) is 31.2 Å². The van der Waals surface area contributed by atoms with Gasteiger partial charge in [-0.05, 0) is 56.7 Å². The van der Waals surface area contributed by atoms with Gasteiger partial charge in [0.2, 0.25) is 0 Å². The molecule has 0 saturated carbocycles. The summed E-state index contributed by atoms with van der Waals surface area (Å²) in [5, 5.41) is 8.54. The van der Waals surface area contributed by atoms with Gasteiger partial charge in [-0.2, -0.15) is 0 Å². The number of allylic oxidation sites excluding steroid dienone is 3. The van der Waals surface area contributed by atoms with Crippen LogP contribution < -0.4 is 10.5 Å². The summed E-state index contributed by atoms with van der Waals surface area (Å²) >= 11 is 0. The Morgan fingerprint density at radius 1 is 1.04 bits per heavy atom. The average Bonchev–Trinajstić information content (AvgIpc) is 2.63. The standard InChI is InChI=1S/C22H25N3O/c1-4-5-15-25-17(3)21(16(2)23)22(24)18-11-13-20(14-12-18)26-19-9-7-6-8-10-19/h5-15,24H,4,23H2,1-3H3/b15-5+,21-16-,24-22?,25-17+. The number of rotatable bonds is 7. The molecule has 0 unspecified atom stereocenters. The highest BCUT2D eigenvalue weighted by Gasteiger charge is 2.13. The number of nitrogens with one attached hydrogen (secondary N) is 1. The molecule has 0 bridgehead atoms. The summed E-state index contributed by atoms with van der Waals surface area (Å²) in [5.41, 5.74) is 9.09. The van der Waals surface area contributed by atoms with E-state index in [0.717, 1.165) is 29.2 Å². The molecule has 0 aliphatic rings. The molecule has 0 fully saturated rings. The van der Waals surface area contributed by atoms with Crippen molar-refractivity contribution in [2.24, 2.45) is 10.7 Å². The SMILES string of the molecule is CC/C=C/N=C(C)/C(C(=N)c1ccc(Oc2ccccc2)cc1)=C(\C)N. The second-order valence-electron chi connectivity index (χ2n) is 5.88. The maximum absolute atomic E-state index is 8.54. The highest BCUT2D eigenvalue weighted by molar-refractivity contribution is 6.28. The molecule has 4 heteroatoms. The van der Waals surface area contributed by atoms with Crippen LogP contribution >= 0.6 is 0 Å². The number of hydrogen-bond donors (Lipinski definition) is 2. The molecule has 2 aromatic carbocycles. The highest BCUT2D eigenvalue weighted by Crippen LogP contribution is 2.22. The first-order valence-electron chi connectivity index (χ1n) is 8.61. The molecule has 4 nitrogen and oxygen atoms in total. The molecule has 134 valence electrons. The van der Waals surface area contributed by atoms with E-state index in [1.807, 2.05) is 74.5 Å². The van der Waals surface area contributed by atoms with Crippen molar-refractivity contribution in [3.05, 3.63) is 83.7 Å². The Kier molecular flexibility index (Phi) is 6.92. The largest absolute Gasteiger partial charge is 0.457 e. The normalized spacial score (nSPS) is 12.8. The smallest absolute Gasteiger partial charge is 0.127 e. The molecule has 0 amide bonds. The van der Waals surface area contributed by atoms with Gasteiger partial charge in [0.1, 0.15) is 11.5 Å². The molecule has 0 radical (unpaired) electrons. The maximum Gasteiger partial charge on any atom is 0.127 e. The fourth-order valence-corrected chi connectivity index (χ4v) is 2.46. The number of para-hydroxylation sites is 1. The number of ether oxygens (including phenoxy) is 1. The zero-order chi connectivity index (χ0) is 18.9. The Morgan fingerprint density at radius 2 is 1.65 bits per heavy atom. The number of nitrogens with zero attached hydrogens (tertiary/aromatic N) is 1. The van der Waals surface area contributed by atoms with Crippen molar-refractivity contribution < 1.29 is 4.74 Å². The van der Waals surface area contributed by atoms with Gasteiger partial charge in [0, 0.05) is 28.7 Å². The number of nitrogens with two attached hydrogens (primary N) is 1. The molecule has 0 saturated heterocycles. The van der Waals surface area contributed by atoms with Gasteiger partial charge in [0.15, 0.2) is 0 Å². The predicted octanol–water partition coefficient (Wildman–Crippen LogP) is 5.46. The van der Waals surface area contributed by atoms with Gasteiger partial charge in [-0.15, -0.1) is 0 Å². The highest BCUT2D eigenvalue weighted by atomic mass is 16.5. The van der Waals surface area contributed by atoms with E-state index in [1.165, 1.54) is 0 Å². The van der Waals surface area contributed by atoms with Crippen LogP contribution in [-0.2, 0) is 0 Å². The summed E-state index contributed by atoms with van der Waals surface area (Å²) in [4.78, 5) is 4.39. The van der Waals surface area contributed by atoms with Crippen molar-refractivity contribution in [2.75, 3.05) is 0 Å². The first kappa shape index (κ1) is 19.2. The summed E-state index contributed by atoms with van der Waals surface area (Å²) in [6.07, 6.45) is 4.63. The van der Waals surface area contributed by atoms with E-state index < -0.39 is 0 Å². The molecule has 0 aliphatic carbocycles. The van der Waals surface area contributed by atoms with Crippen LogP contribution in [0.3, 0.4) is 0 Å². The van der Waals surface area contributed by atoms with Crippen LogP contribution in [0.15, 0.2) is 83.1 Å². The third-order valence-corrected chi connectivity index (χ3v) is 3.74. The zero-order valence-corrected chi connectivity index (χ0v) is 15.5. The minimum atomic E-state index is 0.349. The molecule has 0 spiro atoms. The monoisotopic (exact) mass is 347 g/mol. The van der Waals surface area contributed by atoms with E-state index >= 15 is 0 Å². The van der Waals surface area contributed by atoms with Gasteiger partial charge in [0.05, 0.1) is 5.71 Å². The van der Waals surface area contributed by atoms with E-state index in [2.05, 4.69) is 4.99 Å². The van der Waals surface area contributed by atoms with Crippen LogP contribution in [0.1, 0.15) is 32.8 Å². The van der Waals surface area contributed by atoms with Crippen molar-refractivity contribution in [3.8, 4) is 11.5 Å². The predicted molar refractivity (Wildman–Crippen MR) is 109 cm³/mol. The van der Waals surface area contributed by atoms with Gasteiger partial charge in [0.25, 0.3) is 0 Å². The summed E-state index contributed by atoms with van der Waals surface area (Å²) in [5.74, 6) is 1.50. The average molecular weight is 347 g/mol. The number of aliphatic imine (C=N–C) groups is 1. The van der Waals surface area contributed by atoms with Crippen LogP contribution in [0.4, 0.5) is 0 Å². The lowest BCUT2D eigenvalue weighted by Crippen LogP contribution is -2.16. The summed E-state index contributed by atoms with van der Waals surface area (Å²) in [6.45, 7) is 5.71. The van der Waals surface area contributed by atoms with Crippen molar-refractivity contribution in [2.45, 2.75) is 27.2 Å². The van der Waals surface area contributed by atoms with Gasteiger partial charge in [-0.25, -0.2) is 0 Å². The van der Waals surface area contributed by atoms with E-state index in [-0.39, 0.29) is 0 Å². The Bertz CT molecular complexity index is 827. The van der Waals surface area contributed by atoms with Crippen molar-refractivity contribution >= 4 is 11.4 Å². The fourth-order valence-electron chi connectivity index (χ4n) is 2.46. The van der Waals surface area contributed by atoms with Crippen molar-refractivity contribution in [3.63, 3.8) is 0 Å². The van der Waals surface area contributed by atoms with Crippen molar-refractivity contribution in [1.82, 2.24) is 0 Å². The molecule has 2 rings (SSSR count). The number of hydrogen-bond acceptors (Lipinski definition) is 4. The quantitative estimate of drug-likeness (QED) is 0.652. The molecule has 0 aromatic heterocycles. The summed E-state index contributed by atoms with van der Waals surface area (Å²) < 4.78 is 5.79. The van der Waals surface area contributed by atoms with Gasteiger partial charge in [-0.3, -0.25) is 10.4 Å². The Labute approximate surface area is 155 Å². The summed E-state index contributed by atoms with van der Waals surface area (Å²) in [7, 11) is 0. The molecule has 0 aliphatic heterocycles. The molecule has 2 aromatic rings. The Hall–Kier alpha value is -3.14. The molecule has 3 N–H and O–H groups in total. The lowest BCUT2D eigenvalue weighted by atomic mass is 9.97. The van der Waals surface area contributed by atoms with E-state index in [1.54, 1.807) is 13.1 Å². The van der Waals surface area contributed by atoms with Crippen LogP contribution in [0.2, 0.25) is 0 Å². The Balaban J connectivity index is 2.21. The zero-order valence-electron chi connectivity index (χ0n) is 15.5. The van der Waals surface area contributed by atoms with Gasteiger partial charge < -0.3 is 10.5 Å². The van der Waals surface area contributed by atoms with E-state index in [4.69, 9.17) is 15.9 Å². The van der Waals surface area contributed by atoms with E-state index in [0.29, 0.717) is 17.0 Å².